The second-order valence-electron chi connectivity index (χ2n) is 4.66. The first-order valence-electron chi connectivity index (χ1n) is 6.11. The van der Waals surface area contributed by atoms with Crippen molar-refractivity contribution in [3.63, 3.8) is 0 Å². The lowest BCUT2D eigenvalue weighted by atomic mass is 10.0. The van der Waals surface area contributed by atoms with Gasteiger partial charge in [-0.05, 0) is 37.6 Å². The van der Waals surface area contributed by atoms with Gasteiger partial charge in [0.05, 0.1) is 17.1 Å². The number of hydrogen-bond acceptors (Lipinski definition) is 2. The quantitative estimate of drug-likeness (QED) is 0.875. The largest absolute Gasteiger partial charge is 0.330 e. The molecule has 1 aromatic heterocycles. The Balaban J connectivity index is 2.07. The summed E-state index contributed by atoms with van der Waals surface area (Å²) in [5.74, 6) is 1.16. The van der Waals surface area contributed by atoms with E-state index in [2.05, 4.69) is 45.0 Å². The molecule has 1 atom stereocenters. The van der Waals surface area contributed by atoms with E-state index in [1.165, 1.54) is 24.8 Å². The summed E-state index contributed by atoms with van der Waals surface area (Å²) in [4.78, 5) is 4.76. The molecular formula is C13H16BrN3. The molecule has 2 heterocycles. The molecule has 1 unspecified atom stereocenters. The smallest absolute Gasteiger partial charge is 0.126 e. The summed E-state index contributed by atoms with van der Waals surface area (Å²) in [7, 11) is 2.10. The maximum absolute atomic E-state index is 4.76. The normalized spacial score (nSPS) is 20.9. The van der Waals surface area contributed by atoms with Crippen molar-refractivity contribution < 1.29 is 0 Å². The number of aryl methyl sites for hydroxylation is 1. The highest BCUT2D eigenvalue weighted by Crippen LogP contribution is 2.26. The molecule has 3 rings (SSSR count). The number of hydrogen-bond donors (Lipinski definition) is 1. The van der Waals surface area contributed by atoms with Gasteiger partial charge in [-0.15, -0.1) is 0 Å². The molecule has 0 bridgehead atoms. The third-order valence-electron chi connectivity index (χ3n) is 3.50. The highest BCUT2D eigenvalue weighted by Gasteiger charge is 2.20. The second kappa shape index (κ2) is 4.42. The Morgan fingerprint density at radius 1 is 1.41 bits per heavy atom. The number of nitrogens with zero attached hydrogens (tertiary/aromatic N) is 2. The molecule has 0 aliphatic carbocycles. The Kier molecular flexibility index (Phi) is 2.92. The molecule has 4 heteroatoms. The Morgan fingerprint density at radius 3 is 3.06 bits per heavy atom. The predicted octanol–water partition coefficient (Wildman–Crippen LogP) is 3.15. The topological polar surface area (TPSA) is 29.9 Å². The molecule has 90 valence electrons. The predicted molar refractivity (Wildman–Crippen MR) is 73.0 cm³/mol. The molecule has 1 N–H and O–H groups in total. The zero-order valence-electron chi connectivity index (χ0n) is 9.91. The number of imidazole rings is 1. The van der Waals surface area contributed by atoms with Gasteiger partial charge in [0.2, 0.25) is 0 Å². The molecule has 17 heavy (non-hydrogen) atoms. The molecular weight excluding hydrogens is 278 g/mol. The fourth-order valence-electron chi connectivity index (χ4n) is 2.57. The minimum atomic E-state index is 0.417. The van der Waals surface area contributed by atoms with Crippen molar-refractivity contribution >= 4 is 27.0 Å². The Bertz CT molecular complexity index is 541. The number of nitrogens with one attached hydrogen (secondary N) is 1. The van der Waals surface area contributed by atoms with Crippen molar-refractivity contribution in [2.45, 2.75) is 25.3 Å². The molecule has 0 amide bonds. The average Bonchev–Trinajstić information content (AvgIpc) is 2.68. The molecule has 0 saturated carbocycles. The van der Waals surface area contributed by atoms with E-state index >= 15 is 0 Å². The van der Waals surface area contributed by atoms with Gasteiger partial charge in [0.1, 0.15) is 5.82 Å². The highest BCUT2D eigenvalue weighted by molar-refractivity contribution is 9.10. The van der Waals surface area contributed by atoms with Crippen LogP contribution in [0.4, 0.5) is 0 Å². The fraction of sp³-hybridized carbons (Fsp3) is 0.462. The number of benzene rings is 1. The van der Waals surface area contributed by atoms with Crippen LogP contribution in [0.5, 0.6) is 0 Å². The molecule has 1 aliphatic heterocycles. The standard InChI is InChI=1S/C13H16BrN3/c1-17-12-8-9(14)5-6-10(12)16-13(17)11-4-2-3-7-15-11/h5-6,8,11,15H,2-4,7H2,1H3. The molecule has 0 radical (unpaired) electrons. The van der Waals surface area contributed by atoms with Gasteiger partial charge in [-0.2, -0.15) is 0 Å². The lowest BCUT2D eigenvalue weighted by Crippen LogP contribution is -2.28. The summed E-state index contributed by atoms with van der Waals surface area (Å²) in [6.07, 6.45) is 3.77. The van der Waals surface area contributed by atoms with Crippen molar-refractivity contribution in [2.75, 3.05) is 6.54 Å². The van der Waals surface area contributed by atoms with E-state index < -0.39 is 0 Å². The number of rotatable bonds is 1. The van der Waals surface area contributed by atoms with Gasteiger partial charge >= 0.3 is 0 Å². The zero-order chi connectivity index (χ0) is 11.8. The molecule has 3 nitrogen and oxygen atoms in total. The van der Waals surface area contributed by atoms with Crippen LogP contribution in [0.2, 0.25) is 0 Å². The first kappa shape index (κ1) is 11.2. The second-order valence-corrected chi connectivity index (χ2v) is 5.58. The maximum atomic E-state index is 4.76. The van der Waals surface area contributed by atoms with Crippen LogP contribution < -0.4 is 5.32 Å². The van der Waals surface area contributed by atoms with Crippen LogP contribution in [0.1, 0.15) is 31.1 Å². The van der Waals surface area contributed by atoms with Crippen LogP contribution in [0.3, 0.4) is 0 Å². The number of piperidine rings is 1. The first-order valence-corrected chi connectivity index (χ1v) is 6.90. The summed E-state index contributed by atoms with van der Waals surface area (Å²) >= 11 is 3.52. The average molecular weight is 294 g/mol. The van der Waals surface area contributed by atoms with Gasteiger partial charge in [-0.3, -0.25) is 0 Å². The third-order valence-corrected chi connectivity index (χ3v) is 3.99. The Hall–Kier alpha value is -0.870. The van der Waals surface area contributed by atoms with Gasteiger partial charge < -0.3 is 9.88 Å². The van der Waals surface area contributed by atoms with Crippen LogP contribution >= 0.6 is 15.9 Å². The summed E-state index contributed by atoms with van der Waals surface area (Å²) in [5, 5.41) is 3.56. The van der Waals surface area contributed by atoms with Gasteiger partial charge in [-0.1, -0.05) is 22.4 Å². The SMILES string of the molecule is Cn1c(C2CCCCN2)nc2ccc(Br)cc21. The first-order chi connectivity index (χ1) is 8.25. The molecule has 2 aromatic rings. The van der Waals surface area contributed by atoms with Crippen LogP contribution in [0.15, 0.2) is 22.7 Å². The van der Waals surface area contributed by atoms with Crippen molar-refractivity contribution in [3.8, 4) is 0 Å². The van der Waals surface area contributed by atoms with Gasteiger partial charge in [0.15, 0.2) is 0 Å². The van der Waals surface area contributed by atoms with Crippen LogP contribution in [-0.4, -0.2) is 16.1 Å². The summed E-state index contributed by atoms with van der Waals surface area (Å²) in [6.45, 7) is 1.11. The summed E-state index contributed by atoms with van der Waals surface area (Å²) in [6, 6.07) is 6.67. The minimum absolute atomic E-state index is 0.417. The van der Waals surface area contributed by atoms with Crippen molar-refractivity contribution in [2.24, 2.45) is 7.05 Å². The maximum Gasteiger partial charge on any atom is 0.126 e. The zero-order valence-corrected chi connectivity index (χ0v) is 11.5. The van der Waals surface area contributed by atoms with Crippen molar-refractivity contribution in [1.82, 2.24) is 14.9 Å². The minimum Gasteiger partial charge on any atom is -0.330 e. The van der Waals surface area contributed by atoms with E-state index in [4.69, 9.17) is 4.98 Å². The number of halogens is 1. The van der Waals surface area contributed by atoms with E-state index in [-0.39, 0.29) is 0 Å². The van der Waals surface area contributed by atoms with E-state index in [0.29, 0.717) is 6.04 Å². The van der Waals surface area contributed by atoms with Gasteiger partial charge in [0, 0.05) is 11.5 Å². The van der Waals surface area contributed by atoms with E-state index in [9.17, 15) is 0 Å². The summed E-state index contributed by atoms with van der Waals surface area (Å²) in [5.41, 5.74) is 2.28. The highest BCUT2D eigenvalue weighted by atomic mass is 79.9. The molecule has 1 aliphatic rings. The third kappa shape index (κ3) is 2.00. The lowest BCUT2D eigenvalue weighted by molar-refractivity contribution is 0.392. The Morgan fingerprint density at radius 2 is 2.29 bits per heavy atom. The molecule has 1 fully saturated rings. The summed E-state index contributed by atoms with van der Waals surface area (Å²) < 4.78 is 3.32. The molecule has 0 spiro atoms. The van der Waals surface area contributed by atoms with Gasteiger partial charge in [-0.25, -0.2) is 4.98 Å². The fourth-order valence-corrected chi connectivity index (χ4v) is 2.91. The molecule has 1 saturated heterocycles. The van der Waals surface area contributed by atoms with Gasteiger partial charge in [0.25, 0.3) is 0 Å². The van der Waals surface area contributed by atoms with E-state index in [0.717, 1.165) is 22.4 Å². The van der Waals surface area contributed by atoms with E-state index in [1.54, 1.807) is 0 Å². The van der Waals surface area contributed by atoms with Crippen molar-refractivity contribution in [3.05, 3.63) is 28.5 Å². The lowest BCUT2D eigenvalue weighted by Gasteiger charge is -2.22. The van der Waals surface area contributed by atoms with Crippen LogP contribution in [0.25, 0.3) is 11.0 Å². The van der Waals surface area contributed by atoms with Crippen LogP contribution in [0, 0.1) is 0 Å². The number of aromatic nitrogens is 2. The molecule has 1 aromatic carbocycles. The van der Waals surface area contributed by atoms with Crippen LogP contribution in [-0.2, 0) is 7.05 Å². The monoisotopic (exact) mass is 293 g/mol. The van der Waals surface area contributed by atoms with E-state index in [1.807, 2.05) is 6.07 Å². The Labute approximate surface area is 109 Å². The van der Waals surface area contributed by atoms with Crippen molar-refractivity contribution in [1.29, 1.82) is 0 Å². The number of fused-ring (bicyclic) bond motifs is 1.